The third kappa shape index (κ3) is 3.30. The molecule has 23 heavy (non-hydrogen) atoms. The van der Waals surface area contributed by atoms with Crippen LogP contribution in [0.1, 0.15) is 15.9 Å². The topological polar surface area (TPSA) is 52.2 Å². The Balaban J connectivity index is 1.62. The SMILES string of the molecule is O=C(c1cc[nH]c1)N1CCN(c2ccc(C(F)(F)F)cn2)CC1. The number of H-pyrrole nitrogens is 1. The van der Waals surface area contributed by atoms with E-state index in [1.165, 1.54) is 6.07 Å². The van der Waals surface area contributed by atoms with Crippen molar-refractivity contribution in [3.05, 3.63) is 47.9 Å². The van der Waals surface area contributed by atoms with Gasteiger partial charge in [-0.2, -0.15) is 13.2 Å². The van der Waals surface area contributed by atoms with Gasteiger partial charge in [0.05, 0.1) is 11.1 Å². The number of nitrogens with zero attached hydrogens (tertiary/aromatic N) is 3. The standard InChI is InChI=1S/C15H15F3N4O/c16-15(17,18)12-1-2-13(20-10-12)21-5-7-22(8-6-21)14(23)11-3-4-19-9-11/h1-4,9-10,19H,5-8H2. The van der Waals surface area contributed by atoms with Crippen molar-refractivity contribution in [1.82, 2.24) is 14.9 Å². The van der Waals surface area contributed by atoms with Crippen LogP contribution in [0.3, 0.4) is 0 Å². The minimum absolute atomic E-state index is 0.0497. The first-order valence-electron chi connectivity index (χ1n) is 7.15. The van der Waals surface area contributed by atoms with E-state index in [-0.39, 0.29) is 5.91 Å². The highest BCUT2D eigenvalue weighted by atomic mass is 19.4. The average Bonchev–Trinajstić information content (AvgIpc) is 3.08. The summed E-state index contributed by atoms with van der Waals surface area (Å²) in [6, 6.07) is 4.11. The highest BCUT2D eigenvalue weighted by molar-refractivity contribution is 5.94. The van der Waals surface area contributed by atoms with Crippen molar-refractivity contribution in [3.63, 3.8) is 0 Å². The maximum atomic E-state index is 12.5. The van der Waals surface area contributed by atoms with Crippen LogP contribution in [0.5, 0.6) is 0 Å². The lowest BCUT2D eigenvalue weighted by Crippen LogP contribution is -2.49. The van der Waals surface area contributed by atoms with E-state index in [1.807, 2.05) is 4.90 Å². The van der Waals surface area contributed by atoms with Gasteiger partial charge in [0.1, 0.15) is 5.82 Å². The fourth-order valence-electron chi connectivity index (χ4n) is 2.52. The molecule has 0 aliphatic carbocycles. The predicted molar refractivity (Wildman–Crippen MR) is 78.1 cm³/mol. The largest absolute Gasteiger partial charge is 0.417 e. The smallest absolute Gasteiger partial charge is 0.367 e. The number of anilines is 1. The summed E-state index contributed by atoms with van der Waals surface area (Å²) in [5, 5.41) is 0. The predicted octanol–water partition coefficient (Wildman–Crippen LogP) is 2.39. The maximum absolute atomic E-state index is 12.5. The quantitative estimate of drug-likeness (QED) is 0.923. The van der Waals surface area contributed by atoms with Gasteiger partial charge in [-0.05, 0) is 18.2 Å². The first-order valence-corrected chi connectivity index (χ1v) is 7.15. The highest BCUT2D eigenvalue weighted by Crippen LogP contribution is 2.29. The third-order valence-corrected chi connectivity index (χ3v) is 3.81. The van der Waals surface area contributed by atoms with Crippen LogP contribution in [-0.2, 0) is 6.18 Å². The second-order valence-corrected chi connectivity index (χ2v) is 5.28. The van der Waals surface area contributed by atoms with Crippen molar-refractivity contribution < 1.29 is 18.0 Å². The second-order valence-electron chi connectivity index (χ2n) is 5.28. The first kappa shape index (κ1) is 15.4. The molecule has 2 aromatic rings. The summed E-state index contributed by atoms with van der Waals surface area (Å²) < 4.78 is 37.6. The molecule has 0 saturated carbocycles. The number of alkyl halides is 3. The number of carbonyl (C=O) groups excluding carboxylic acids is 1. The summed E-state index contributed by atoms with van der Waals surface area (Å²) in [6.07, 6.45) is -0.207. The van der Waals surface area contributed by atoms with Crippen molar-refractivity contribution >= 4 is 11.7 Å². The molecule has 0 unspecified atom stereocenters. The van der Waals surface area contributed by atoms with Crippen LogP contribution in [0.2, 0.25) is 0 Å². The maximum Gasteiger partial charge on any atom is 0.417 e. The van der Waals surface area contributed by atoms with Gasteiger partial charge >= 0.3 is 6.18 Å². The van der Waals surface area contributed by atoms with Crippen molar-refractivity contribution in [3.8, 4) is 0 Å². The Hall–Kier alpha value is -2.51. The van der Waals surface area contributed by atoms with Crippen LogP contribution in [0.4, 0.5) is 19.0 Å². The molecule has 5 nitrogen and oxygen atoms in total. The molecule has 1 aliphatic rings. The third-order valence-electron chi connectivity index (χ3n) is 3.81. The molecule has 8 heteroatoms. The van der Waals surface area contributed by atoms with Gasteiger partial charge in [-0.25, -0.2) is 4.98 Å². The molecule has 2 aromatic heterocycles. The van der Waals surface area contributed by atoms with Gasteiger partial charge in [0, 0.05) is 44.8 Å². The van der Waals surface area contributed by atoms with Crippen molar-refractivity contribution in [2.45, 2.75) is 6.18 Å². The van der Waals surface area contributed by atoms with Gasteiger partial charge in [-0.3, -0.25) is 4.79 Å². The minimum Gasteiger partial charge on any atom is -0.367 e. The summed E-state index contributed by atoms with van der Waals surface area (Å²) >= 11 is 0. The number of carbonyl (C=O) groups is 1. The zero-order valence-corrected chi connectivity index (χ0v) is 12.2. The molecule has 1 amide bonds. The van der Waals surface area contributed by atoms with E-state index in [0.717, 1.165) is 12.3 Å². The summed E-state index contributed by atoms with van der Waals surface area (Å²) in [7, 11) is 0. The van der Waals surface area contributed by atoms with E-state index in [4.69, 9.17) is 0 Å². The molecule has 3 rings (SSSR count). The van der Waals surface area contributed by atoms with Crippen molar-refractivity contribution in [1.29, 1.82) is 0 Å². The molecule has 1 N–H and O–H groups in total. The summed E-state index contributed by atoms with van der Waals surface area (Å²) in [5.41, 5.74) is -0.159. The zero-order chi connectivity index (χ0) is 16.4. The van der Waals surface area contributed by atoms with Gasteiger partial charge in [0.2, 0.25) is 0 Å². The van der Waals surface area contributed by atoms with E-state index in [1.54, 1.807) is 23.4 Å². The molecule has 0 spiro atoms. The molecule has 0 radical (unpaired) electrons. The summed E-state index contributed by atoms with van der Waals surface area (Å²) in [4.78, 5) is 22.5. The summed E-state index contributed by atoms with van der Waals surface area (Å²) in [6.45, 7) is 2.09. The van der Waals surface area contributed by atoms with Crippen LogP contribution in [0.25, 0.3) is 0 Å². The second kappa shape index (κ2) is 5.94. The van der Waals surface area contributed by atoms with Crippen LogP contribution in [-0.4, -0.2) is 47.0 Å². The normalized spacial score (nSPS) is 15.8. The minimum atomic E-state index is -4.38. The number of nitrogens with one attached hydrogen (secondary N) is 1. The molecule has 1 fully saturated rings. The molecule has 122 valence electrons. The van der Waals surface area contributed by atoms with Crippen LogP contribution >= 0.6 is 0 Å². The number of amides is 1. The molecule has 0 atom stereocenters. The average molecular weight is 324 g/mol. The van der Waals surface area contributed by atoms with Crippen molar-refractivity contribution in [2.24, 2.45) is 0 Å². The van der Waals surface area contributed by atoms with Gasteiger partial charge in [0.15, 0.2) is 0 Å². The van der Waals surface area contributed by atoms with Gasteiger partial charge < -0.3 is 14.8 Å². The zero-order valence-electron chi connectivity index (χ0n) is 12.2. The monoisotopic (exact) mass is 324 g/mol. The van der Waals surface area contributed by atoms with Crippen LogP contribution in [0, 0.1) is 0 Å². The first-order chi connectivity index (χ1) is 10.9. The Morgan fingerprint density at radius 3 is 2.39 bits per heavy atom. The van der Waals surface area contributed by atoms with E-state index in [0.29, 0.717) is 37.6 Å². The number of aromatic amines is 1. The lowest BCUT2D eigenvalue weighted by atomic mass is 10.2. The number of hydrogen-bond acceptors (Lipinski definition) is 3. The Kier molecular flexibility index (Phi) is 3.97. The molecule has 1 aliphatic heterocycles. The molecule has 3 heterocycles. The van der Waals surface area contributed by atoms with E-state index in [9.17, 15) is 18.0 Å². The van der Waals surface area contributed by atoms with Gasteiger partial charge in [-0.15, -0.1) is 0 Å². The fourth-order valence-corrected chi connectivity index (χ4v) is 2.52. The van der Waals surface area contributed by atoms with E-state index >= 15 is 0 Å². The van der Waals surface area contributed by atoms with E-state index in [2.05, 4.69) is 9.97 Å². The molecule has 1 saturated heterocycles. The number of hydrogen-bond donors (Lipinski definition) is 1. The Bertz CT molecular complexity index is 659. The Labute approximate surface area is 130 Å². The number of rotatable bonds is 2. The number of piperazine rings is 1. The number of aromatic nitrogens is 2. The number of pyridine rings is 1. The lowest BCUT2D eigenvalue weighted by Gasteiger charge is -2.35. The van der Waals surface area contributed by atoms with Crippen LogP contribution in [0.15, 0.2) is 36.8 Å². The molecule has 0 bridgehead atoms. The van der Waals surface area contributed by atoms with Crippen molar-refractivity contribution in [2.75, 3.05) is 31.1 Å². The molecular weight excluding hydrogens is 309 g/mol. The van der Waals surface area contributed by atoms with Crippen LogP contribution < -0.4 is 4.90 Å². The fraction of sp³-hybridized carbons (Fsp3) is 0.333. The molecule has 0 aromatic carbocycles. The Morgan fingerprint density at radius 2 is 1.87 bits per heavy atom. The van der Waals surface area contributed by atoms with E-state index < -0.39 is 11.7 Å². The van der Waals surface area contributed by atoms with Gasteiger partial charge in [-0.1, -0.05) is 0 Å². The Morgan fingerprint density at radius 1 is 1.13 bits per heavy atom. The molecular formula is C15H15F3N4O. The highest BCUT2D eigenvalue weighted by Gasteiger charge is 2.31. The summed E-state index contributed by atoms with van der Waals surface area (Å²) in [5.74, 6) is 0.443. The van der Waals surface area contributed by atoms with Gasteiger partial charge in [0.25, 0.3) is 5.91 Å². The number of halogens is 3. The lowest BCUT2D eigenvalue weighted by molar-refractivity contribution is -0.137.